The zero-order valence-corrected chi connectivity index (χ0v) is 19.9. The maximum Gasteiger partial charge on any atom is 0.325 e. The van der Waals surface area contributed by atoms with Crippen LogP contribution in [-0.2, 0) is 14.4 Å². The van der Waals surface area contributed by atoms with E-state index in [-0.39, 0.29) is 36.7 Å². The Kier molecular flexibility index (Phi) is 5.95. The quantitative estimate of drug-likeness (QED) is 0.569. The molecular weight excluding hydrogens is 462 g/mol. The normalized spacial score (nSPS) is 23.2. The molecule has 0 aromatic heterocycles. The van der Waals surface area contributed by atoms with Crippen LogP contribution in [-0.4, -0.2) is 53.2 Å². The summed E-state index contributed by atoms with van der Waals surface area (Å²) in [5, 5.41) is 8.26. The van der Waals surface area contributed by atoms with Crippen molar-refractivity contribution < 1.29 is 24.0 Å². The fourth-order valence-corrected chi connectivity index (χ4v) is 5.25. The van der Waals surface area contributed by atoms with Crippen LogP contribution in [0.5, 0.6) is 0 Å². The molecule has 0 bridgehead atoms. The van der Waals surface area contributed by atoms with Gasteiger partial charge in [-0.2, -0.15) is 0 Å². The Morgan fingerprint density at radius 3 is 2.56 bits per heavy atom. The molecule has 186 valence electrons. The van der Waals surface area contributed by atoms with Crippen LogP contribution in [0, 0.1) is 5.92 Å². The number of urea groups is 1. The van der Waals surface area contributed by atoms with E-state index in [1.54, 1.807) is 48.5 Å². The summed E-state index contributed by atoms with van der Waals surface area (Å²) in [6, 6.07) is 12.8. The molecule has 10 heteroatoms. The van der Waals surface area contributed by atoms with Gasteiger partial charge in [-0.15, -0.1) is 0 Å². The monoisotopic (exact) mass is 489 g/mol. The number of anilines is 3. The van der Waals surface area contributed by atoms with Gasteiger partial charge in [-0.3, -0.25) is 29.0 Å². The van der Waals surface area contributed by atoms with Gasteiger partial charge in [-0.25, -0.2) is 4.79 Å². The summed E-state index contributed by atoms with van der Waals surface area (Å²) >= 11 is 0. The summed E-state index contributed by atoms with van der Waals surface area (Å²) in [7, 11) is 0. The molecule has 1 saturated carbocycles. The van der Waals surface area contributed by atoms with Gasteiger partial charge >= 0.3 is 6.03 Å². The van der Waals surface area contributed by atoms with Crippen LogP contribution >= 0.6 is 0 Å². The van der Waals surface area contributed by atoms with E-state index in [1.807, 2.05) is 6.92 Å². The summed E-state index contributed by atoms with van der Waals surface area (Å²) in [6.45, 7) is 1.47. The van der Waals surface area contributed by atoms with Crippen molar-refractivity contribution in [3.63, 3.8) is 0 Å². The Bertz CT molecular complexity index is 1260. The lowest BCUT2D eigenvalue weighted by Gasteiger charge is -2.36. The third-order valence-corrected chi connectivity index (χ3v) is 7.23. The minimum Gasteiger partial charge on any atom is -0.325 e. The zero-order chi connectivity index (χ0) is 25.4. The number of carbonyl (C=O) groups is 5. The van der Waals surface area contributed by atoms with E-state index in [1.165, 1.54) is 4.90 Å². The van der Waals surface area contributed by atoms with Crippen molar-refractivity contribution >= 4 is 46.7 Å². The average molecular weight is 490 g/mol. The molecule has 3 N–H and O–H groups in total. The highest BCUT2D eigenvalue weighted by molar-refractivity contribution is 6.15. The van der Waals surface area contributed by atoms with Gasteiger partial charge in [0.1, 0.15) is 18.6 Å². The van der Waals surface area contributed by atoms with Gasteiger partial charge in [0.05, 0.1) is 11.4 Å². The van der Waals surface area contributed by atoms with Crippen molar-refractivity contribution in [2.75, 3.05) is 28.6 Å². The van der Waals surface area contributed by atoms with Crippen molar-refractivity contribution in [3.05, 3.63) is 54.1 Å². The number of nitrogens with zero attached hydrogens (tertiary/aromatic N) is 2. The third kappa shape index (κ3) is 4.08. The van der Waals surface area contributed by atoms with Crippen LogP contribution in [0.4, 0.5) is 21.9 Å². The van der Waals surface area contributed by atoms with Gasteiger partial charge < -0.3 is 16.0 Å². The molecule has 2 unspecified atom stereocenters. The van der Waals surface area contributed by atoms with Gasteiger partial charge in [0, 0.05) is 11.3 Å². The summed E-state index contributed by atoms with van der Waals surface area (Å²) in [4.78, 5) is 65.7. The van der Waals surface area contributed by atoms with Crippen molar-refractivity contribution in [3.8, 4) is 0 Å². The second kappa shape index (κ2) is 9.10. The number of hydrogen-bond donors (Lipinski definition) is 3. The third-order valence-electron chi connectivity index (χ3n) is 7.23. The molecule has 10 nitrogen and oxygen atoms in total. The van der Waals surface area contributed by atoms with Crippen LogP contribution in [0.25, 0.3) is 0 Å². The molecule has 2 aromatic rings. The second-order valence-electron chi connectivity index (χ2n) is 9.52. The number of carbonyl (C=O) groups excluding carboxylic acids is 5. The highest BCUT2D eigenvalue weighted by Gasteiger charge is 2.55. The van der Waals surface area contributed by atoms with E-state index in [0.29, 0.717) is 29.0 Å². The predicted octanol–water partition coefficient (Wildman–Crippen LogP) is 2.72. The van der Waals surface area contributed by atoms with Crippen LogP contribution in [0.2, 0.25) is 0 Å². The first-order valence-corrected chi connectivity index (χ1v) is 12.0. The Morgan fingerprint density at radius 2 is 1.81 bits per heavy atom. The number of amides is 6. The molecule has 1 spiro atoms. The first kappa shape index (κ1) is 23.5. The molecule has 0 radical (unpaired) electrons. The van der Waals surface area contributed by atoms with Crippen molar-refractivity contribution in [2.24, 2.45) is 5.92 Å². The number of hydrogen-bond acceptors (Lipinski definition) is 5. The lowest BCUT2D eigenvalue weighted by atomic mass is 9.73. The van der Waals surface area contributed by atoms with E-state index < -0.39 is 17.5 Å². The number of nitrogens with one attached hydrogen (secondary N) is 3. The summed E-state index contributed by atoms with van der Waals surface area (Å²) in [6.07, 6.45) is 3.30. The van der Waals surface area contributed by atoms with E-state index in [4.69, 9.17) is 0 Å². The summed E-state index contributed by atoms with van der Waals surface area (Å²) < 4.78 is 0. The van der Waals surface area contributed by atoms with Gasteiger partial charge in [0.15, 0.2) is 0 Å². The van der Waals surface area contributed by atoms with Gasteiger partial charge in [-0.1, -0.05) is 31.9 Å². The number of fused-ring (bicyclic) bond motifs is 1. The van der Waals surface area contributed by atoms with Crippen molar-refractivity contribution in [1.29, 1.82) is 0 Å². The highest BCUT2D eigenvalue weighted by atomic mass is 16.2. The van der Waals surface area contributed by atoms with E-state index >= 15 is 0 Å². The van der Waals surface area contributed by atoms with Crippen molar-refractivity contribution in [2.45, 2.75) is 38.1 Å². The molecule has 3 aliphatic rings. The molecule has 1 aliphatic carbocycles. The SMILES string of the molecule is CC1CCCCC12NC(=O)N(CC(=O)Nc1ccc(C(=O)N3CC(=O)Nc4ccccc43)cc1)C2=O. The Balaban J connectivity index is 1.24. The number of rotatable bonds is 4. The predicted molar refractivity (Wildman–Crippen MR) is 132 cm³/mol. The number of benzene rings is 2. The summed E-state index contributed by atoms with van der Waals surface area (Å²) in [5.74, 6) is -1.47. The van der Waals surface area contributed by atoms with Crippen LogP contribution in [0.15, 0.2) is 48.5 Å². The van der Waals surface area contributed by atoms with Gasteiger partial charge in [0.2, 0.25) is 11.8 Å². The number of imide groups is 1. The van der Waals surface area contributed by atoms with E-state index in [0.717, 1.165) is 24.2 Å². The first-order chi connectivity index (χ1) is 17.3. The molecule has 36 heavy (non-hydrogen) atoms. The van der Waals surface area contributed by atoms with Crippen LogP contribution < -0.4 is 20.9 Å². The molecule has 1 saturated heterocycles. The van der Waals surface area contributed by atoms with E-state index in [9.17, 15) is 24.0 Å². The molecular formula is C26H27N5O5. The Morgan fingerprint density at radius 1 is 1.06 bits per heavy atom. The lowest BCUT2D eigenvalue weighted by molar-refractivity contribution is -0.136. The molecule has 2 heterocycles. The highest BCUT2D eigenvalue weighted by Crippen LogP contribution is 2.38. The maximum absolute atomic E-state index is 13.1. The molecule has 2 aliphatic heterocycles. The van der Waals surface area contributed by atoms with Crippen LogP contribution in [0.3, 0.4) is 0 Å². The lowest BCUT2D eigenvalue weighted by Crippen LogP contribution is -2.54. The smallest absolute Gasteiger partial charge is 0.325 e. The minimum absolute atomic E-state index is 0.0128. The van der Waals surface area contributed by atoms with Crippen molar-refractivity contribution in [1.82, 2.24) is 10.2 Å². The van der Waals surface area contributed by atoms with Gasteiger partial charge in [0.25, 0.3) is 11.8 Å². The maximum atomic E-state index is 13.1. The first-order valence-electron chi connectivity index (χ1n) is 12.0. The van der Waals surface area contributed by atoms with Gasteiger partial charge in [-0.05, 0) is 55.2 Å². The van der Waals surface area contributed by atoms with Crippen LogP contribution in [0.1, 0.15) is 43.0 Å². The zero-order valence-electron chi connectivity index (χ0n) is 19.9. The standard InChI is InChI=1S/C26H27N5O5/c1-16-6-4-5-13-26(16)24(35)31(25(36)29-26)15-21(32)27-18-11-9-17(10-12-18)23(34)30-14-22(33)28-19-7-2-3-8-20(19)30/h2-3,7-12,16H,4-6,13-15H2,1H3,(H,27,32)(H,28,33)(H,29,36). The molecule has 2 fully saturated rings. The second-order valence-corrected chi connectivity index (χ2v) is 9.52. The molecule has 2 aromatic carbocycles. The average Bonchev–Trinajstić information content (AvgIpc) is 3.10. The summed E-state index contributed by atoms with van der Waals surface area (Å²) in [5.41, 5.74) is 1.02. The molecule has 2 atom stereocenters. The fraction of sp³-hybridized carbons (Fsp3) is 0.346. The Hall–Kier alpha value is -4.21. The fourth-order valence-electron chi connectivity index (χ4n) is 5.25. The topological polar surface area (TPSA) is 128 Å². The molecule has 5 rings (SSSR count). The minimum atomic E-state index is -0.915. The number of para-hydroxylation sites is 2. The van der Waals surface area contributed by atoms with E-state index in [2.05, 4.69) is 16.0 Å². The Labute approximate surface area is 208 Å². The largest absolute Gasteiger partial charge is 0.325 e. The molecule has 6 amide bonds.